The van der Waals surface area contributed by atoms with Crippen LogP contribution in [0.5, 0.6) is 0 Å². The summed E-state index contributed by atoms with van der Waals surface area (Å²) in [5.41, 5.74) is 1.31. The van der Waals surface area contributed by atoms with Crippen LogP contribution in [0.3, 0.4) is 0 Å². The van der Waals surface area contributed by atoms with E-state index in [1.165, 1.54) is 37.8 Å². The summed E-state index contributed by atoms with van der Waals surface area (Å²) in [4.78, 5) is 18.3. The molecule has 1 saturated carbocycles. The smallest absolute Gasteiger partial charge is 0.348 e. The van der Waals surface area contributed by atoms with Crippen LogP contribution in [0.2, 0.25) is 0 Å². The molecule has 1 aromatic carbocycles. The summed E-state index contributed by atoms with van der Waals surface area (Å²) in [7, 11) is 0. The fourth-order valence-electron chi connectivity index (χ4n) is 4.02. The van der Waals surface area contributed by atoms with Gasteiger partial charge in [-0.3, -0.25) is 4.79 Å². The lowest BCUT2D eigenvalue weighted by molar-refractivity contribution is -0.159. The van der Waals surface area contributed by atoms with E-state index in [0.29, 0.717) is 16.5 Å². The molecule has 0 bridgehead atoms. The fourth-order valence-corrected chi connectivity index (χ4v) is 4.02. The van der Waals surface area contributed by atoms with Crippen molar-refractivity contribution in [1.29, 1.82) is 0 Å². The lowest BCUT2D eigenvalue weighted by Gasteiger charge is -2.34. The van der Waals surface area contributed by atoms with Gasteiger partial charge in [0.25, 0.3) is 5.91 Å². The summed E-state index contributed by atoms with van der Waals surface area (Å²) in [5, 5.41) is 6.34. The molecule has 1 aromatic heterocycles. The van der Waals surface area contributed by atoms with Crippen molar-refractivity contribution in [1.82, 2.24) is 20.4 Å². The molecule has 1 aliphatic carbocycles. The van der Waals surface area contributed by atoms with Gasteiger partial charge in [-0.1, -0.05) is 17.3 Å². The third-order valence-electron chi connectivity index (χ3n) is 5.68. The van der Waals surface area contributed by atoms with Crippen molar-refractivity contribution in [2.75, 3.05) is 19.6 Å². The van der Waals surface area contributed by atoms with Crippen LogP contribution in [-0.4, -0.2) is 46.6 Å². The zero-order valence-corrected chi connectivity index (χ0v) is 16.1. The molecule has 1 aliphatic heterocycles. The van der Waals surface area contributed by atoms with Crippen LogP contribution in [0.25, 0.3) is 11.4 Å². The van der Waals surface area contributed by atoms with Crippen molar-refractivity contribution in [3.05, 3.63) is 35.7 Å². The number of piperidine rings is 1. The van der Waals surface area contributed by atoms with E-state index in [1.807, 2.05) is 6.92 Å². The van der Waals surface area contributed by atoms with Crippen LogP contribution < -0.4 is 5.32 Å². The third-order valence-corrected chi connectivity index (χ3v) is 5.68. The number of aromatic nitrogens is 2. The Bertz CT molecular complexity index is 875. The van der Waals surface area contributed by atoms with Crippen LogP contribution >= 0.6 is 0 Å². The normalized spacial score (nSPS) is 19.9. The minimum absolute atomic E-state index is 0.00243. The second-order valence-corrected chi connectivity index (χ2v) is 8.21. The first kappa shape index (κ1) is 19.9. The monoisotopic (exact) mass is 408 g/mol. The number of likely N-dealkylation sites (tertiary alicyclic amines) is 1. The Hall–Kier alpha value is -2.42. The number of amides is 1. The average Bonchev–Trinajstić information content (AvgIpc) is 3.19. The van der Waals surface area contributed by atoms with Gasteiger partial charge in [-0.25, -0.2) is 0 Å². The van der Waals surface area contributed by atoms with Crippen molar-refractivity contribution < 1.29 is 22.5 Å². The number of hydrogen-bond acceptors (Lipinski definition) is 5. The molecule has 1 saturated heterocycles. The maximum atomic E-state index is 12.6. The topological polar surface area (TPSA) is 71.3 Å². The number of halogens is 3. The maximum Gasteiger partial charge on any atom is 0.471 e. The SMILES string of the molecule is CC(CN1CCCC2(CC2)C1)NC(=O)c1ccc(-c2noc(C(F)(F)F)n2)cc1. The zero-order valence-electron chi connectivity index (χ0n) is 16.1. The lowest BCUT2D eigenvalue weighted by atomic mass is 9.95. The predicted octanol–water partition coefficient (Wildman–Crippen LogP) is 3.75. The van der Waals surface area contributed by atoms with Gasteiger partial charge in [0.05, 0.1) is 0 Å². The Morgan fingerprint density at radius 1 is 1.28 bits per heavy atom. The van der Waals surface area contributed by atoms with Crippen molar-refractivity contribution >= 4 is 5.91 Å². The Kier molecular flexibility index (Phi) is 5.10. The van der Waals surface area contributed by atoms with E-state index in [9.17, 15) is 18.0 Å². The molecule has 4 rings (SSSR count). The van der Waals surface area contributed by atoms with Crippen LogP contribution in [0.15, 0.2) is 28.8 Å². The second kappa shape index (κ2) is 7.44. The summed E-state index contributed by atoms with van der Waals surface area (Å²) in [5.74, 6) is -1.78. The van der Waals surface area contributed by atoms with E-state index in [-0.39, 0.29) is 17.8 Å². The van der Waals surface area contributed by atoms with Crippen molar-refractivity contribution in [2.24, 2.45) is 5.41 Å². The van der Waals surface area contributed by atoms with Gasteiger partial charge >= 0.3 is 12.1 Å². The van der Waals surface area contributed by atoms with E-state index in [4.69, 9.17) is 0 Å². The van der Waals surface area contributed by atoms with E-state index in [1.54, 1.807) is 12.1 Å². The molecule has 9 heteroatoms. The van der Waals surface area contributed by atoms with Crippen molar-refractivity contribution in [3.63, 3.8) is 0 Å². The highest BCUT2D eigenvalue weighted by Gasteiger charge is 2.45. The molecular weight excluding hydrogens is 385 g/mol. The van der Waals surface area contributed by atoms with E-state index in [2.05, 4.69) is 24.9 Å². The molecule has 0 radical (unpaired) electrons. The number of carbonyl (C=O) groups excluding carboxylic acids is 1. The Balaban J connectivity index is 1.33. The van der Waals surface area contributed by atoms with Crippen LogP contribution in [0.4, 0.5) is 13.2 Å². The predicted molar refractivity (Wildman–Crippen MR) is 99.0 cm³/mol. The lowest BCUT2D eigenvalue weighted by Crippen LogP contribution is -2.46. The van der Waals surface area contributed by atoms with E-state index in [0.717, 1.165) is 19.6 Å². The maximum absolute atomic E-state index is 12.6. The van der Waals surface area contributed by atoms with Crippen LogP contribution in [0.1, 0.15) is 48.9 Å². The molecule has 2 aliphatic rings. The summed E-state index contributed by atoms with van der Waals surface area (Å²) in [6.45, 7) is 4.99. The number of hydrogen-bond donors (Lipinski definition) is 1. The van der Waals surface area contributed by atoms with Gasteiger partial charge in [0.2, 0.25) is 5.82 Å². The summed E-state index contributed by atoms with van der Waals surface area (Å²) in [6, 6.07) is 6.10. The van der Waals surface area contributed by atoms with Crippen LogP contribution in [-0.2, 0) is 6.18 Å². The van der Waals surface area contributed by atoms with Crippen molar-refractivity contribution in [2.45, 2.75) is 44.8 Å². The largest absolute Gasteiger partial charge is 0.471 e. The first-order valence-electron chi connectivity index (χ1n) is 9.79. The molecule has 2 aromatic rings. The number of alkyl halides is 3. The Labute approximate surface area is 166 Å². The van der Waals surface area contributed by atoms with Gasteiger partial charge in [-0.05, 0) is 56.7 Å². The summed E-state index contributed by atoms with van der Waals surface area (Å²) < 4.78 is 41.9. The van der Waals surface area contributed by atoms with Crippen LogP contribution in [0, 0.1) is 5.41 Å². The number of benzene rings is 1. The molecular formula is C20H23F3N4O2. The number of nitrogens with one attached hydrogen (secondary N) is 1. The van der Waals surface area contributed by atoms with Gasteiger partial charge in [0, 0.05) is 30.3 Å². The molecule has 29 heavy (non-hydrogen) atoms. The summed E-state index contributed by atoms with van der Waals surface area (Å²) in [6.07, 6.45) is 0.493. The number of nitrogens with zero attached hydrogens (tertiary/aromatic N) is 3. The number of carbonyl (C=O) groups is 1. The molecule has 156 valence electrons. The third kappa shape index (κ3) is 4.60. The molecule has 2 heterocycles. The Morgan fingerprint density at radius 3 is 2.62 bits per heavy atom. The fraction of sp³-hybridized carbons (Fsp3) is 0.550. The zero-order chi connectivity index (χ0) is 20.6. The minimum atomic E-state index is -4.69. The first-order valence-corrected chi connectivity index (χ1v) is 9.79. The van der Waals surface area contributed by atoms with Gasteiger partial charge in [-0.15, -0.1) is 0 Å². The van der Waals surface area contributed by atoms with Gasteiger partial charge in [0.1, 0.15) is 0 Å². The first-order chi connectivity index (χ1) is 13.7. The highest BCUT2D eigenvalue weighted by atomic mass is 19.4. The molecule has 1 unspecified atom stereocenters. The summed E-state index contributed by atoms with van der Waals surface area (Å²) >= 11 is 0. The molecule has 6 nitrogen and oxygen atoms in total. The second-order valence-electron chi connectivity index (χ2n) is 8.21. The Morgan fingerprint density at radius 2 is 2.00 bits per heavy atom. The highest BCUT2D eigenvalue weighted by molar-refractivity contribution is 5.94. The standard InChI is InChI=1S/C20H23F3N4O2/c1-13(11-27-10-2-7-19(12-27)8-9-19)24-17(28)15-5-3-14(4-6-15)16-25-18(29-26-16)20(21,22)23/h3-6,13H,2,7-12H2,1H3,(H,24,28). The molecule has 1 amide bonds. The van der Waals surface area contributed by atoms with Crippen molar-refractivity contribution in [3.8, 4) is 11.4 Å². The van der Waals surface area contributed by atoms with Gasteiger partial charge in [0.15, 0.2) is 0 Å². The minimum Gasteiger partial charge on any atom is -0.348 e. The van der Waals surface area contributed by atoms with E-state index >= 15 is 0 Å². The highest BCUT2D eigenvalue weighted by Crippen LogP contribution is 2.51. The van der Waals surface area contributed by atoms with E-state index < -0.39 is 12.1 Å². The molecule has 1 spiro atoms. The quantitative estimate of drug-likeness (QED) is 0.816. The number of rotatable bonds is 5. The molecule has 2 fully saturated rings. The average molecular weight is 408 g/mol. The molecule has 1 atom stereocenters. The molecule has 1 N–H and O–H groups in total. The van der Waals surface area contributed by atoms with Gasteiger partial charge in [-0.2, -0.15) is 18.2 Å². The van der Waals surface area contributed by atoms with Gasteiger partial charge < -0.3 is 14.7 Å².